The average Bonchev–Trinajstić information content (AvgIpc) is 2.43. The van der Waals surface area contributed by atoms with Gasteiger partial charge in [0.25, 0.3) is 0 Å². The number of rotatable bonds is 3. The molecule has 0 unspecified atom stereocenters. The maximum atomic E-state index is 9.31. The van der Waals surface area contributed by atoms with E-state index >= 15 is 0 Å². The Kier molecular flexibility index (Phi) is 4.13. The van der Waals surface area contributed by atoms with Crippen LogP contribution in [0.15, 0.2) is 11.6 Å². The third kappa shape index (κ3) is 2.74. The Morgan fingerprint density at radius 1 is 1.42 bits per heavy atom. The third-order valence-electron chi connectivity index (χ3n) is 3.48. The lowest BCUT2D eigenvalue weighted by Gasteiger charge is -2.28. The van der Waals surface area contributed by atoms with Crippen molar-refractivity contribution < 1.29 is 4.74 Å². The molecule has 1 aromatic rings. The third-order valence-corrected chi connectivity index (χ3v) is 3.48. The summed E-state index contributed by atoms with van der Waals surface area (Å²) >= 11 is 0. The Bertz CT molecular complexity index is 545. The number of methoxy groups -OCH3 is 1. The SMILES string of the molecule is COCC1=CCN(c2nnc(C)c(C)c2C#N)CC1. The van der Waals surface area contributed by atoms with Crippen LogP contribution in [0, 0.1) is 25.2 Å². The van der Waals surface area contributed by atoms with E-state index in [2.05, 4.69) is 27.2 Å². The van der Waals surface area contributed by atoms with Crippen LogP contribution in [0.1, 0.15) is 23.2 Å². The van der Waals surface area contributed by atoms with Crippen LogP contribution < -0.4 is 4.90 Å². The van der Waals surface area contributed by atoms with Crippen LogP contribution in [-0.2, 0) is 4.74 Å². The van der Waals surface area contributed by atoms with E-state index in [9.17, 15) is 5.26 Å². The number of ether oxygens (including phenoxy) is 1. The number of anilines is 1. The second-order valence-corrected chi connectivity index (χ2v) is 4.71. The Hall–Kier alpha value is -1.93. The molecule has 2 heterocycles. The van der Waals surface area contributed by atoms with E-state index in [1.165, 1.54) is 5.57 Å². The van der Waals surface area contributed by atoms with Crippen molar-refractivity contribution in [2.24, 2.45) is 0 Å². The quantitative estimate of drug-likeness (QED) is 0.773. The summed E-state index contributed by atoms with van der Waals surface area (Å²) in [7, 11) is 1.70. The first-order valence-electron chi connectivity index (χ1n) is 6.33. The highest BCUT2D eigenvalue weighted by Gasteiger charge is 2.19. The van der Waals surface area contributed by atoms with Crippen LogP contribution >= 0.6 is 0 Å². The molecule has 0 atom stereocenters. The van der Waals surface area contributed by atoms with Crippen molar-refractivity contribution in [2.45, 2.75) is 20.3 Å². The summed E-state index contributed by atoms with van der Waals surface area (Å²) < 4.78 is 5.13. The van der Waals surface area contributed by atoms with Crippen LogP contribution in [-0.4, -0.2) is 37.0 Å². The van der Waals surface area contributed by atoms with E-state index < -0.39 is 0 Å². The first-order chi connectivity index (χ1) is 9.17. The molecule has 0 bridgehead atoms. The molecule has 0 saturated heterocycles. The van der Waals surface area contributed by atoms with Gasteiger partial charge in [-0.3, -0.25) is 0 Å². The van der Waals surface area contributed by atoms with Gasteiger partial charge < -0.3 is 9.64 Å². The van der Waals surface area contributed by atoms with Crippen LogP contribution in [0.5, 0.6) is 0 Å². The lowest BCUT2D eigenvalue weighted by atomic mass is 10.1. The largest absolute Gasteiger partial charge is 0.380 e. The van der Waals surface area contributed by atoms with Crippen molar-refractivity contribution in [1.82, 2.24) is 10.2 Å². The standard InChI is InChI=1S/C14H18N4O/c1-10-11(2)16-17-14(13(10)8-15)18-6-4-12(5-7-18)9-19-3/h4H,5-7,9H2,1-3H3. The van der Waals surface area contributed by atoms with Crippen molar-refractivity contribution >= 4 is 5.82 Å². The number of aryl methyl sites for hydroxylation is 1. The van der Waals surface area contributed by atoms with Crippen LogP contribution in [0.2, 0.25) is 0 Å². The zero-order valence-electron chi connectivity index (χ0n) is 11.6. The number of aromatic nitrogens is 2. The molecule has 5 nitrogen and oxygen atoms in total. The van der Waals surface area contributed by atoms with Gasteiger partial charge in [-0.05, 0) is 31.4 Å². The summed E-state index contributed by atoms with van der Waals surface area (Å²) in [5.41, 5.74) is 3.66. The lowest BCUT2D eigenvalue weighted by Crippen LogP contribution is -2.31. The molecule has 0 aliphatic carbocycles. The predicted molar refractivity (Wildman–Crippen MR) is 73.0 cm³/mol. The summed E-state index contributed by atoms with van der Waals surface area (Å²) in [4.78, 5) is 2.09. The fraction of sp³-hybridized carbons (Fsp3) is 0.500. The fourth-order valence-corrected chi connectivity index (χ4v) is 2.17. The molecule has 0 aromatic carbocycles. The topological polar surface area (TPSA) is 62.0 Å². The van der Waals surface area contributed by atoms with Gasteiger partial charge in [-0.2, -0.15) is 10.4 Å². The number of hydrogen-bond donors (Lipinski definition) is 0. The van der Waals surface area contributed by atoms with Gasteiger partial charge in [0, 0.05) is 20.2 Å². The van der Waals surface area contributed by atoms with Gasteiger partial charge in [0.05, 0.1) is 12.3 Å². The van der Waals surface area contributed by atoms with E-state index in [0.717, 1.165) is 30.8 Å². The second-order valence-electron chi connectivity index (χ2n) is 4.71. The molecule has 0 fully saturated rings. The molecule has 5 heteroatoms. The first kappa shape index (κ1) is 13.5. The minimum absolute atomic E-state index is 0.635. The number of hydrogen-bond acceptors (Lipinski definition) is 5. The molecule has 1 aliphatic rings. The number of nitrogens with zero attached hydrogens (tertiary/aromatic N) is 4. The molecule has 0 spiro atoms. The van der Waals surface area contributed by atoms with E-state index in [1.807, 2.05) is 13.8 Å². The zero-order chi connectivity index (χ0) is 13.8. The molecule has 100 valence electrons. The van der Waals surface area contributed by atoms with Crippen molar-refractivity contribution in [2.75, 3.05) is 31.7 Å². The molecule has 0 N–H and O–H groups in total. The maximum Gasteiger partial charge on any atom is 0.169 e. The van der Waals surface area contributed by atoms with Gasteiger partial charge in [-0.1, -0.05) is 6.08 Å². The monoisotopic (exact) mass is 258 g/mol. The smallest absolute Gasteiger partial charge is 0.169 e. The molecule has 0 saturated carbocycles. The van der Waals surface area contributed by atoms with Crippen molar-refractivity contribution in [3.63, 3.8) is 0 Å². The van der Waals surface area contributed by atoms with Gasteiger partial charge in [0.1, 0.15) is 11.6 Å². The van der Waals surface area contributed by atoms with E-state index in [1.54, 1.807) is 7.11 Å². The highest BCUT2D eigenvalue weighted by atomic mass is 16.5. The summed E-state index contributed by atoms with van der Waals surface area (Å²) in [6, 6.07) is 2.25. The fourth-order valence-electron chi connectivity index (χ4n) is 2.17. The Balaban J connectivity index is 2.26. The summed E-state index contributed by atoms with van der Waals surface area (Å²) in [5, 5.41) is 17.6. The highest BCUT2D eigenvalue weighted by molar-refractivity contribution is 5.58. The van der Waals surface area contributed by atoms with E-state index in [0.29, 0.717) is 18.0 Å². The minimum atomic E-state index is 0.635. The normalized spacial score (nSPS) is 15.1. The first-order valence-corrected chi connectivity index (χ1v) is 6.33. The van der Waals surface area contributed by atoms with Crippen LogP contribution in [0.4, 0.5) is 5.82 Å². The molecule has 1 aromatic heterocycles. The van der Waals surface area contributed by atoms with E-state index in [4.69, 9.17) is 4.74 Å². The molecular weight excluding hydrogens is 240 g/mol. The molecular formula is C14H18N4O. The van der Waals surface area contributed by atoms with Gasteiger partial charge in [-0.15, -0.1) is 5.10 Å². The van der Waals surface area contributed by atoms with Crippen molar-refractivity contribution in [1.29, 1.82) is 5.26 Å². The second kappa shape index (κ2) is 5.81. The summed E-state index contributed by atoms with van der Waals surface area (Å²) in [6.45, 7) is 6.07. The molecule has 0 amide bonds. The van der Waals surface area contributed by atoms with E-state index in [-0.39, 0.29) is 0 Å². The highest BCUT2D eigenvalue weighted by Crippen LogP contribution is 2.24. The van der Waals surface area contributed by atoms with Crippen LogP contribution in [0.25, 0.3) is 0 Å². The van der Waals surface area contributed by atoms with Crippen molar-refractivity contribution in [3.8, 4) is 6.07 Å². The lowest BCUT2D eigenvalue weighted by molar-refractivity contribution is 0.222. The average molecular weight is 258 g/mol. The Labute approximate surface area is 113 Å². The molecule has 2 rings (SSSR count). The van der Waals surface area contributed by atoms with Crippen molar-refractivity contribution in [3.05, 3.63) is 28.5 Å². The van der Waals surface area contributed by atoms with Gasteiger partial charge in [0.2, 0.25) is 0 Å². The van der Waals surface area contributed by atoms with Gasteiger partial charge >= 0.3 is 0 Å². The molecule has 19 heavy (non-hydrogen) atoms. The zero-order valence-corrected chi connectivity index (χ0v) is 11.6. The number of nitriles is 1. The van der Waals surface area contributed by atoms with Crippen LogP contribution in [0.3, 0.4) is 0 Å². The molecule has 1 aliphatic heterocycles. The summed E-state index contributed by atoms with van der Waals surface area (Å²) in [6.07, 6.45) is 3.08. The minimum Gasteiger partial charge on any atom is -0.380 e. The summed E-state index contributed by atoms with van der Waals surface area (Å²) in [5.74, 6) is 0.693. The van der Waals surface area contributed by atoms with Gasteiger partial charge in [0.15, 0.2) is 5.82 Å². The Morgan fingerprint density at radius 2 is 2.21 bits per heavy atom. The predicted octanol–water partition coefficient (Wildman–Crippen LogP) is 1.75. The Morgan fingerprint density at radius 3 is 2.79 bits per heavy atom. The van der Waals surface area contributed by atoms with Gasteiger partial charge in [-0.25, -0.2) is 0 Å². The molecule has 0 radical (unpaired) electrons. The maximum absolute atomic E-state index is 9.31.